The molecule has 0 saturated heterocycles. The fraction of sp³-hybridized carbons (Fsp3) is 0.188. The van der Waals surface area contributed by atoms with Crippen molar-refractivity contribution < 1.29 is 19.0 Å². The second-order valence-corrected chi connectivity index (χ2v) is 5.09. The first kappa shape index (κ1) is 15.4. The van der Waals surface area contributed by atoms with Crippen molar-refractivity contribution in [2.24, 2.45) is 0 Å². The maximum absolute atomic E-state index is 11.1. The van der Waals surface area contributed by atoms with Gasteiger partial charge in [0.05, 0.1) is 24.3 Å². The summed E-state index contributed by atoms with van der Waals surface area (Å²) in [5.41, 5.74) is 1.43. The molecule has 0 amide bonds. The van der Waals surface area contributed by atoms with Crippen LogP contribution in [0.2, 0.25) is 0 Å². The van der Waals surface area contributed by atoms with Crippen molar-refractivity contribution in [3.63, 3.8) is 0 Å². The maximum atomic E-state index is 11.1. The van der Waals surface area contributed by atoms with Gasteiger partial charge in [0.2, 0.25) is 5.75 Å². The van der Waals surface area contributed by atoms with Crippen LogP contribution in [-0.4, -0.2) is 20.5 Å². The molecule has 4 nitrogen and oxygen atoms in total. The third-order valence-electron chi connectivity index (χ3n) is 2.94. The minimum Gasteiger partial charge on any atom is -0.492 e. The van der Waals surface area contributed by atoms with Crippen molar-refractivity contribution >= 4 is 22.2 Å². The third-order valence-corrected chi connectivity index (χ3v) is 3.52. The largest absolute Gasteiger partial charge is 0.492 e. The van der Waals surface area contributed by atoms with E-state index in [0.29, 0.717) is 40.2 Å². The Morgan fingerprint density at radius 3 is 2.29 bits per heavy atom. The first-order chi connectivity index (χ1) is 10.2. The van der Waals surface area contributed by atoms with Crippen molar-refractivity contribution in [3.8, 4) is 17.2 Å². The van der Waals surface area contributed by atoms with Crippen LogP contribution >= 0.6 is 15.9 Å². The molecule has 2 rings (SSSR count). The Hall–Kier alpha value is -2.01. The number of hydrogen-bond donors (Lipinski definition) is 0. The Bertz CT molecular complexity index is 626. The molecule has 0 aliphatic heterocycles. The number of methoxy groups -OCH3 is 2. The van der Waals surface area contributed by atoms with Gasteiger partial charge < -0.3 is 14.2 Å². The molecule has 2 aromatic rings. The Morgan fingerprint density at radius 2 is 1.71 bits per heavy atom. The molecule has 21 heavy (non-hydrogen) atoms. The lowest BCUT2D eigenvalue weighted by atomic mass is 10.2. The van der Waals surface area contributed by atoms with Gasteiger partial charge in [-0.25, -0.2) is 0 Å². The standard InChI is InChI=1S/C16H15BrO4/c1-19-14-12(9-18)8-13(17)15(16(14)20-2)21-10-11-6-4-3-5-7-11/h3-9H,10H2,1-2H3. The lowest BCUT2D eigenvalue weighted by Crippen LogP contribution is -2.02. The number of ether oxygens (including phenoxy) is 3. The van der Waals surface area contributed by atoms with E-state index in [1.807, 2.05) is 30.3 Å². The van der Waals surface area contributed by atoms with Gasteiger partial charge in [-0.3, -0.25) is 4.79 Å². The van der Waals surface area contributed by atoms with Gasteiger partial charge in [-0.15, -0.1) is 0 Å². The predicted octanol–water partition coefficient (Wildman–Crippen LogP) is 3.86. The zero-order chi connectivity index (χ0) is 15.2. The quantitative estimate of drug-likeness (QED) is 0.742. The predicted molar refractivity (Wildman–Crippen MR) is 83.4 cm³/mol. The number of aldehydes is 1. The highest BCUT2D eigenvalue weighted by atomic mass is 79.9. The first-order valence-electron chi connectivity index (χ1n) is 6.27. The lowest BCUT2D eigenvalue weighted by molar-refractivity contribution is 0.111. The first-order valence-corrected chi connectivity index (χ1v) is 7.07. The van der Waals surface area contributed by atoms with Crippen molar-refractivity contribution in [1.29, 1.82) is 0 Å². The summed E-state index contributed by atoms with van der Waals surface area (Å²) in [4.78, 5) is 11.1. The Labute approximate surface area is 131 Å². The average Bonchev–Trinajstić information content (AvgIpc) is 2.53. The van der Waals surface area contributed by atoms with Crippen molar-refractivity contribution in [3.05, 3.63) is 52.0 Å². The normalized spacial score (nSPS) is 10.0. The zero-order valence-electron chi connectivity index (χ0n) is 11.8. The molecule has 0 aliphatic rings. The average molecular weight is 351 g/mol. The molecular formula is C16H15BrO4. The highest BCUT2D eigenvalue weighted by Gasteiger charge is 2.20. The molecule has 0 spiro atoms. The molecule has 110 valence electrons. The molecule has 0 N–H and O–H groups in total. The third kappa shape index (κ3) is 3.36. The van der Waals surface area contributed by atoms with Gasteiger partial charge in [-0.1, -0.05) is 30.3 Å². The highest BCUT2D eigenvalue weighted by Crippen LogP contribution is 2.44. The molecular weight excluding hydrogens is 336 g/mol. The monoisotopic (exact) mass is 350 g/mol. The molecule has 0 aromatic heterocycles. The van der Waals surface area contributed by atoms with E-state index in [9.17, 15) is 4.79 Å². The van der Waals surface area contributed by atoms with Gasteiger partial charge >= 0.3 is 0 Å². The van der Waals surface area contributed by atoms with Crippen LogP contribution in [0.25, 0.3) is 0 Å². The van der Waals surface area contributed by atoms with Gasteiger partial charge in [0.25, 0.3) is 0 Å². The number of halogens is 1. The minimum absolute atomic E-state index is 0.360. The molecule has 0 fully saturated rings. The van der Waals surface area contributed by atoms with Gasteiger partial charge in [-0.2, -0.15) is 0 Å². The highest BCUT2D eigenvalue weighted by molar-refractivity contribution is 9.10. The summed E-state index contributed by atoms with van der Waals surface area (Å²) in [6.45, 7) is 0.388. The molecule has 0 aliphatic carbocycles. The van der Waals surface area contributed by atoms with Gasteiger partial charge in [0.15, 0.2) is 17.8 Å². The fourth-order valence-electron chi connectivity index (χ4n) is 1.96. The number of hydrogen-bond acceptors (Lipinski definition) is 4. The number of carbonyl (C=O) groups is 1. The van der Waals surface area contributed by atoms with Gasteiger partial charge in [0, 0.05) is 0 Å². The summed E-state index contributed by atoms with van der Waals surface area (Å²) < 4.78 is 17.0. The van der Waals surface area contributed by atoms with Crippen LogP contribution in [0.15, 0.2) is 40.9 Å². The second kappa shape index (κ2) is 7.13. The Balaban J connectivity index is 2.36. The van der Waals surface area contributed by atoms with Crippen LogP contribution < -0.4 is 14.2 Å². The second-order valence-electron chi connectivity index (χ2n) is 4.24. The summed E-state index contributed by atoms with van der Waals surface area (Å²) in [7, 11) is 2.99. The minimum atomic E-state index is 0.360. The molecule has 0 saturated carbocycles. The molecule has 0 radical (unpaired) electrons. The SMILES string of the molecule is COc1c(C=O)cc(Br)c(OCc2ccccc2)c1OC. The van der Waals surface area contributed by atoms with E-state index in [-0.39, 0.29) is 0 Å². The maximum Gasteiger partial charge on any atom is 0.205 e. The summed E-state index contributed by atoms with van der Waals surface area (Å²) >= 11 is 3.40. The molecule has 0 atom stereocenters. The van der Waals surface area contributed by atoms with Crippen LogP contribution in [0.1, 0.15) is 15.9 Å². The smallest absolute Gasteiger partial charge is 0.205 e. The van der Waals surface area contributed by atoms with E-state index in [1.54, 1.807) is 6.07 Å². The summed E-state index contributed by atoms with van der Waals surface area (Å²) in [5.74, 6) is 1.26. The van der Waals surface area contributed by atoms with Crippen LogP contribution in [0, 0.1) is 0 Å². The van der Waals surface area contributed by atoms with Crippen LogP contribution in [-0.2, 0) is 6.61 Å². The van der Waals surface area contributed by atoms with Crippen molar-refractivity contribution in [1.82, 2.24) is 0 Å². The number of benzene rings is 2. The Morgan fingerprint density at radius 1 is 1.05 bits per heavy atom. The van der Waals surface area contributed by atoms with E-state index < -0.39 is 0 Å². The summed E-state index contributed by atoms with van der Waals surface area (Å²) in [6.07, 6.45) is 0.715. The molecule has 0 heterocycles. The summed E-state index contributed by atoms with van der Waals surface area (Å²) in [5, 5.41) is 0. The van der Waals surface area contributed by atoms with E-state index in [4.69, 9.17) is 14.2 Å². The van der Waals surface area contributed by atoms with Crippen molar-refractivity contribution in [2.45, 2.75) is 6.61 Å². The molecule has 5 heteroatoms. The zero-order valence-corrected chi connectivity index (χ0v) is 13.3. The van der Waals surface area contributed by atoms with E-state index in [0.717, 1.165) is 5.56 Å². The van der Waals surface area contributed by atoms with Gasteiger partial charge in [-0.05, 0) is 27.6 Å². The lowest BCUT2D eigenvalue weighted by Gasteiger charge is -2.16. The topological polar surface area (TPSA) is 44.8 Å². The molecule has 0 unspecified atom stereocenters. The fourth-order valence-corrected chi connectivity index (χ4v) is 2.50. The van der Waals surface area contributed by atoms with E-state index in [2.05, 4.69) is 15.9 Å². The molecule has 0 bridgehead atoms. The number of carbonyl (C=O) groups excluding carboxylic acids is 1. The number of rotatable bonds is 6. The van der Waals surface area contributed by atoms with Crippen molar-refractivity contribution in [2.75, 3.05) is 14.2 Å². The van der Waals surface area contributed by atoms with Crippen LogP contribution in [0.3, 0.4) is 0 Å². The van der Waals surface area contributed by atoms with E-state index in [1.165, 1.54) is 14.2 Å². The van der Waals surface area contributed by atoms with Crippen LogP contribution in [0.4, 0.5) is 0 Å². The van der Waals surface area contributed by atoms with Gasteiger partial charge in [0.1, 0.15) is 6.61 Å². The Kier molecular flexibility index (Phi) is 5.22. The summed E-state index contributed by atoms with van der Waals surface area (Å²) in [6, 6.07) is 11.4. The van der Waals surface area contributed by atoms with E-state index >= 15 is 0 Å². The molecule has 2 aromatic carbocycles. The van der Waals surface area contributed by atoms with Crippen LogP contribution in [0.5, 0.6) is 17.2 Å².